The van der Waals surface area contributed by atoms with Gasteiger partial charge in [-0.1, -0.05) is 32.0 Å². The zero-order chi connectivity index (χ0) is 20.7. The Balaban J connectivity index is 2.50. The van der Waals surface area contributed by atoms with Gasteiger partial charge in [-0.2, -0.15) is 4.36 Å². The number of pyridine rings is 1. The first-order valence-electron chi connectivity index (χ1n) is 9.46. The van der Waals surface area contributed by atoms with Crippen molar-refractivity contribution < 1.29 is 4.21 Å². The van der Waals surface area contributed by atoms with Crippen molar-refractivity contribution in [1.82, 2.24) is 9.88 Å². The summed E-state index contributed by atoms with van der Waals surface area (Å²) < 4.78 is 19.1. The highest BCUT2D eigenvalue weighted by molar-refractivity contribution is 9.10. The summed E-state index contributed by atoms with van der Waals surface area (Å²) in [6.07, 6.45) is 2.61. The van der Waals surface area contributed by atoms with Crippen LogP contribution in [0.1, 0.15) is 32.9 Å². The van der Waals surface area contributed by atoms with Crippen LogP contribution in [-0.4, -0.2) is 39.8 Å². The van der Waals surface area contributed by atoms with Crippen LogP contribution in [0.3, 0.4) is 0 Å². The third kappa shape index (κ3) is 6.14. The summed E-state index contributed by atoms with van der Waals surface area (Å²) in [6.45, 7) is 9.08. The standard InChI is InChI=1S/C21H29BrN4OS/c1-6-26(5)15-23-20-14-19(22)21(24-17(20)4)25-28(27,13-12-16(2)3)18-10-8-7-9-11-18/h7-11,14-16H,6,12-13H2,1-5H3. The Morgan fingerprint density at radius 1 is 1.29 bits per heavy atom. The van der Waals surface area contributed by atoms with Gasteiger partial charge in [0.05, 0.1) is 31.9 Å². The smallest absolute Gasteiger partial charge is 0.176 e. The maximum atomic E-state index is 13.8. The lowest BCUT2D eigenvalue weighted by Crippen LogP contribution is -2.14. The van der Waals surface area contributed by atoms with Gasteiger partial charge in [-0.25, -0.2) is 14.2 Å². The van der Waals surface area contributed by atoms with Crippen LogP contribution in [0.15, 0.2) is 55.1 Å². The average molecular weight is 465 g/mol. The van der Waals surface area contributed by atoms with Crippen molar-refractivity contribution in [2.75, 3.05) is 19.3 Å². The van der Waals surface area contributed by atoms with Crippen molar-refractivity contribution in [3.05, 3.63) is 46.6 Å². The van der Waals surface area contributed by atoms with Crippen molar-refractivity contribution in [2.24, 2.45) is 15.3 Å². The van der Waals surface area contributed by atoms with Crippen LogP contribution in [0.4, 0.5) is 11.5 Å². The molecule has 0 radical (unpaired) electrons. The second-order valence-electron chi connectivity index (χ2n) is 7.15. The lowest BCUT2D eigenvalue weighted by molar-refractivity contribution is 0.552. The number of aliphatic imine (C=N–C) groups is 1. The minimum atomic E-state index is -2.61. The van der Waals surface area contributed by atoms with Crippen LogP contribution in [-0.2, 0) is 9.73 Å². The summed E-state index contributed by atoms with van der Waals surface area (Å²) in [7, 11) is -0.645. The molecule has 0 bridgehead atoms. The van der Waals surface area contributed by atoms with E-state index in [-0.39, 0.29) is 0 Å². The first-order chi connectivity index (χ1) is 13.2. The third-order valence-electron chi connectivity index (χ3n) is 4.33. The number of halogens is 1. The Kier molecular flexibility index (Phi) is 8.19. The molecule has 0 saturated carbocycles. The van der Waals surface area contributed by atoms with Gasteiger partial charge < -0.3 is 4.90 Å². The minimum absolute atomic E-state index is 0.449. The molecule has 0 amide bonds. The number of nitrogens with zero attached hydrogens (tertiary/aromatic N) is 4. The zero-order valence-corrected chi connectivity index (χ0v) is 19.6. The molecule has 7 heteroatoms. The van der Waals surface area contributed by atoms with Crippen molar-refractivity contribution in [2.45, 2.75) is 39.0 Å². The molecule has 2 rings (SSSR count). The molecule has 1 aromatic heterocycles. The fourth-order valence-electron chi connectivity index (χ4n) is 2.38. The fourth-order valence-corrected chi connectivity index (χ4v) is 5.12. The molecular formula is C21H29BrN4OS. The summed E-state index contributed by atoms with van der Waals surface area (Å²) in [5.74, 6) is 1.41. The molecular weight excluding hydrogens is 436 g/mol. The molecule has 1 unspecified atom stereocenters. The van der Waals surface area contributed by atoms with Crippen molar-refractivity contribution in [1.29, 1.82) is 0 Å². The Bertz CT molecular complexity index is 935. The topological polar surface area (TPSA) is 57.9 Å². The van der Waals surface area contributed by atoms with E-state index in [0.29, 0.717) is 22.0 Å². The highest BCUT2D eigenvalue weighted by Crippen LogP contribution is 2.32. The summed E-state index contributed by atoms with van der Waals surface area (Å²) in [5, 5.41) is 0. The second-order valence-corrected chi connectivity index (χ2v) is 10.3. The average Bonchev–Trinajstić information content (AvgIpc) is 2.68. The van der Waals surface area contributed by atoms with Crippen LogP contribution in [0.2, 0.25) is 0 Å². The first kappa shape index (κ1) is 22.6. The number of benzene rings is 1. The minimum Gasteiger partial charge on any atom is -0.366 e. The largest absolute Gasteiger partial charge is 0.366 e. The third-order valence-corrected chi connectivity index (χ3v) is 7.18. The van der Waals surface area contributed by atoms with E-state index >= 15 is 0 Å². The molecule has 1 aromatic carbocycles. The van der Waals surface area contributed by atoms with E-state index in [1.165, 1.54) is 0 Å². The van der Waals surface area contributed by atoms with Gasteiger partial charge in [-0.05, 0) is 60.3 Å². The normalized spacial score (nSPS) is 13.7. The van der Waals surface area contributed by atoms with E-state index in [1.807, 2.05) is 55.3 Å². The molecule has 0 aliphatic heterocycles. The van der Waals surface area contributed by atoms with Crippen molar-refractivity contribution in [3.63, 3.8) is 0 Å². The Morgan fingerprint density at radius 2 is 1.96 bits per heavy atom. The summed E-state index contributed by atoms with van der Waals surface area (Å²) in [5.41, 5.74) is 1.51. The number of aryl methyl sites for hydroxylation is 1. The molecule has 0 fully saturated rings. The molecule has 5 nitrogen and oxygen atoms in total. The van der Waals surface area contributed by atoms with E-state index in [2.05, 4.69) is 51.0 Å². The Labute approximate surface area is 177 Å². The predicted octanol–water partition coefficient (Wildman–Crippen LogP) is 5.97. The summed E-state index contributed by atoms with van der Waals surface area (Å²) in [4.78, 5) is 11.8. The van der Waals surface area contributed by atoms with Gasteiger partial charge >= 0.3 is 0 Å². The van der Waals surface area contributed by atoms with E-state index in [4.69, 9.17) is 0 Å². The lowest BCUT2D eigenvalue weighted by Gasteiger charge is -2.13. The zero-order valence-electron chi connectivity index (χ0n) is 17.2. The van der Waals surface area contributed by atoms with Crippen molar-refractivity contribution in [3.8, 4) is 0 Å². The number of aromatic nitrogens is 1. The first-order valence-corrected chi connectivity index (χ1v) is 11.9. The van der Waals surface area contributed by atoms with Crippen LogP contribution >= 0.6 is 15.9 Å². The molecule has 1 heterocycles. The van der Waals surface area contributed by atoms with Gasteiger partial charge in [-0.3, -0.25) is 0 Å². The summed E-state index contributed by atoms with van der Waals surface area (Å²) >= 11 is 3.54. The SMILES string of the molecule is CCN(C)C=Nc1cc(Br)c(N=S(=O)(CCC(C)C)c2ccccc2)nc1C. The molecule has 28 heavy (non-hydrogen) atoms. The van der Waals surface area contributed by atoms with E-state index in [1.54, 1.807) is 6.34 Å². The highest BCUT2D eigenvalue weighted by Gasteiger charge is 2.16. The monoisotopic (exact) mass is 464 g/mol. The lowest BCUT2D eigenvalue weighted by atomic mass is 10.2. The molecule has 0 saturated heterocycles. The second kappa shape index (κ2) is 10.2. The number of rotatable bonds is 8. The maximum absolute atomic E-state index is 13.8. The molecule has 0 aliphatic rings. The molecule has 152 valence electrons. The van der Waals surface area contributed by atoms with E-state index in [9.17, 15) is 4.21 Å². The van der Waals surface area contributed by atoms with Crippen LogP contribution < -0.4 is 0 Å². The number of hydrogen-bond acceptors (Lipinski definition) is 4. The van der Waals surface area contributed by atoms with Gasteiger partial charge in [0, 0.05) is 24.2 Å². The van der Waals surface area contributed by atoms with E-state index < -0.39 is 9.73 Å². The van der Waals surface area contributed by atoms with E-state index in [0.717, 1.165) is 29.2 Å². The molecule has 0 N–H and O–H groups in total. The molecule has 0 spiro atoms. The predicted molar refractivity (Wildman–Crippen MR) is 122 cm³/mol. The van der Waals surface area contributed by atoms with Crippen LogP contribution in [0.5, 0.6) is 0 Å². The van der Waals surface area contributed by atoms with Gasteiger partial charge in [0.1, 0.15) is 0 Å². The van der Waals surface area contributed by atoms with Gasteiger partial charge in [0.15, 0.2) is 5.82 Å². The van der Waals surface area contributed by atoms with Gasteiger partial charge in [0.2, 0.25) is 0 Å². The Hall–Kier alpha value is -1.73. The Morgan fingerprint density at radius 3 is 2.57 bits per heavy atom. The van der Waals surface area contributed by atoms with Crippen molar-refractivity contribution >= 4 is 43.5 Å². The molecule has 2 aromatic rings. The fraction of sp³-hybridized carbons (Fsp3) is 0.429. The van der Waals surface area contributed by atoms with Crippen LogP contribution in [0, 0.1) is 12.8 Å². The van der Waals surface area contributed by atoms with Crippen LogP contribution in [0.25, 0.3) is 0 Å². The van der Waals surface area contributed by atoms with Gasteiger partial charge in [-0.15, -0.1) is 0 Å². The quantitative estimate of drug-likeness (QED) is 0.357. The maximum Gasteiger partial charge on any atom is 0.176 e. The molecule has 1 atom stereocenters. The highest BCUT2D eigenvalue weighted by atomic mass is 79.9. The number of hydrogen-bond donors (Lipinski definition) is 0. The molecule has 0 aliphatic carbocycles. The van der Waals surface area contributed by atoms with Gasteiger partial charge in [0.25, 0.3) is 0 Å². The summed E-state index contributed by atoms with van der Waals surface area (Å²) in [6, 6.07) is 11.4.